The summed E-state index contributed by atoms with van der Waals surface area (Å²) in [6, 6.07) is 8.07. The largest absolute Gasteiger partial charge is 0.494 e. The Morgan fingerprint density at radius 1 is 1.21 bits per heavy atom. The molecule has 0 saturated carbocycles. The summed E-state index contributed by atoms with van der Waals surface area (Å²) in [5.41, 5.74) is 7.25. The molecule has 0 heterocycles. The molecule has 3 nitrogen and oxygen atoms in total. The minimum atomic E-state index is -0.268. The zero-order valence-corrected chi connectivity index (χ0v) is 12.6. The van der Waals surface area contributed by atoms with E-state index < -0.39 is 0 Å². The summed E-state index contributed by atoms with van der Waals surface area (Å²) in [7, 11) is 0. The van der Waals surface area contributed by atoms with E-state index in [0.717, 1.165) is 17.7 Å². The Bertz CT molecular complexity index is 366. The molecule has 1 aromatic rings. The van der Waals surface area contributed by atoms with Gasteiger partial charge in [0, 0.05) is 12.5 Å². The Hall–Kier alpha value is -1.06. The van der Waals surface area contributed by atoms with Crippen LogP contribution in [0.25, 0.3) is 0 Å². The van der Waals surface area contributed by atoms with Crippen LogP contribution in [0.2, 0.25) is 0 Å². The lowest BCUT2D eigenvalue weighted by Gasteiger charge is -2.21. The molecular formula is C16H27NO2. The SMILES string of the molecule is CCOc1cccc(C(C)C(N)OCCC(C)C)c1. The van der Waals surface area contributed by atoms with Crippen LogP contribution in [0, 0.1) is 5.92 Å². The highest BCUT2D eigenvalue weighted by atomic mass is 16.5. The molecule has 3 heteroatoms. The van der Waals surface area contributed by atoms with Gasteiger partial charge in [-0.3, -0.25) is 0 Å². The number of ether oxygens (including phenoxy) is 2. The Morgan fingerprint density at radius 2 is 1.95 bits per heavy atom. The first-order valence-corrected chi connectivity index (χ1v) is 7.14. The van der Waals surface area contributed by atoms with Crippen LogP contribution in [-0.4, -0.2) is 19.4 Å². The molecular weight excluding hydrogens is 238 g/mol. The molecule has 1 rings (SSSR count). The van der Waals surface area contributed by atoms with Crippen molar-refractivity contribution in [2.75, 3.05) is 13.2 Å². The van der Waals surface area contributed by atoms with Gasteiger partial charge in [-0.1, -0.05) is 32.9 Å². The zero-order valence-electron chi connectivity index (χ0n) is 12.6. The minimum absolute atomic E-state index is 0.160. The maximum Gasteiger partial charge on any atom is 0.119 e. The molecule has 0 spiro atoms. The molecule has 2 unspecified atom stereocenters. The molecule has 2 N–H and O–H groups in total. The van der Waals surface area contributed by atoms with Crippen molar-refractivity contribution in [3.05, 3.63) is 29.8 Å². The van der Waals surface area contributed by atoms with Crippen LogP contribution in [0.3, 0.4) is 0 Å². The molecule has 0 amide bonds. The summed E-state index contributed by atoms with van der Waals surface area (Å²) in [6.45, 7) is 9.83. The van der Waals surface area contributed by atoms with Crippen LogP contribution in [0.15, 0.2) is 24.3 Å². The normalized spacial score (nSPS) is 14.4. The third-order valence-electron chi connectivity index (χ3n) is 3.19. The summed E-state index contributed by atoms with van der Waals surface area (Å²) in [5.74, 6) is 1.69. The molecule has 0 fully saturated rings. The van der Waals surface area contributed by atoms with Gasteiger partial charge < -0.3 is 15.2 Å². The lowest BCUT2D eigenvalue weighted by Crippen LogP contribution is -2.30. The summed E-state index contributed by atoms with van der Waals surface area (Å²) < 4.78 is 11.2. The average Bonchev–Trinajstić information content (AvgIpc) is 2.38. The Balaban J connectivity index is 2.55. The first-order chi connectivity index (χ1) is 9.04. The highest BCUT2D eigenvalue weighted by Gasteiger charge is 2.16. The Kier molecular flexibility index (Phi) is 6.89. The molecule has 0 aliphatic carbocycles. The van der Waals surface area contributed by atoms with Gasteiger partial charge in [0.15, 0.2) is 0 Å². The van der Waals surface area contributed by atoms with E-state index in [9.17, 15) is 0 Å². The third-order valence-corrected chi connectivity index (χ3v) is 3.19. The second kappa shape index (κ2) is 8.18. The molecule has 19 heavy (non-hydrogen) atoms. The summed E-state index contributed by atoms with van der Waals surface area (Å²) in [6.07, 6.45) is 0.773. The van der Waals surface area contributed by atoms with Crippen molar-refractivity contribution >= 4 is 0 Å². The van der Waals surface area contributed by atoms with Crippen LogP contribution in [0.1, 0.15) is 45.6 Å². The van der Waals surface area contributed by atoms with E-state index in [4.69, 9.17) is 15.2 Å². The molecule has 0 bridgehead atoms. The topological polar surface area (TPSA) is 44.5 Å². The lowest BCUT2D eigenvalue weighted by atomic mass is 9.99. The van der Waals surface area contributed by atoms with E-state index in [-0.39, 0.29) is 12.1 Å². The number of hydrogen-bond donors (Lipinski definition) is 1. The summed E-state index contributed by atoms with van der Waals surface area (Å²) in [4.78, 5) is 0. The predicted molar refractivity (Wildman–Crippen MR) is 79.4 cm³/mol. The van der Waals surface area contributed by atoms with E-state index in [1.54, 1.807) is 0 Å². The quantitative estimate of drug-likeness (QED) is 0.731. The van der Waals surface area contributed by atoms with Crippen molar-refractivity contribution in [3.8, 4) is 5.75 Å². The van der Waals surface area contributed by atoms with E-state index >= 15 is 0 Å². The third kappa shape index (κ3) is 5.62. The van der Waals surface area contributed by atoms with Crippen LogP contribution >= 0.6 is 0 Å². The van der Waals surface area contributed by atoms with Gasteiger partial charge in [-0.05, 0) is 37.0 Å². The fourth-order valence-electron chi connectivity index (χ4n) is 1.83. The Labute approximate surface area is 117 Å². The van der Waals surface area contributed by atoms with Gasteiger partial charge >= 0.3 is 0 Å². The monoisotopic (exact) mass is 265 g/mol. The fraction of sp³-hybridized carbons (Fsp3) is 0.625. The molecule has 0 aromatic heterocycles. The van der Waals surface area contributed by atoms with Crippen LogP contribution in [0.5, 0.6) is 5.75 Å². The number of hydrogen-bond acceptors (Lipinski definition) is 3. The van der Waals surface area contributed by atoms with Gasteiger partial charge in [0.1, 0.15) is 12.0 Å². The maximum absolute atomic E-state index is 6.10. The Morgan fingerprint density at radius 3 is 2.58 bits per heavy atom. The highest BCUT2D eigenvalue weighted by molar-refractivity contribution is 5.31. The van der Waals surface area contributed by atoms with Crippen molar-refractivity contribution in [1.29, 1.82) is 0 Å². The molecule has 1 aromatic carbocycles. The van der Waals surface area contributed by atoms with Crippen molar-refractivity contribution in [2.24, 2.45) is 11.7 Å². The molecule has 0 saturated heterocycles. The van der Waals surface area contributed by atoms with Gasteiger partial charge in [0.2, 0.25) is 0 Å². The first kappa shape index (κ1) is 16.0. The molecule has 0 radical (unpaired) electrons. The zero-order chi connectivity index (χ0) is 14.3. The van der Waals surface area contributed by atoms with Gasteiger partial charge in [-0.2, -0.15) is 0 Å². The van der Waals surface area contributed by atoms with Gasteiger partial charge in [-0.15, -0.1) is 0 Å². The van der Waals surface area contributed by atoms with Crippen LogP contribution in [-0.2, 0) is 4.74 Å². The van der Waals surface area contributed by atoms with Crippen molar-refractivity contribution < 1.29 is 9.47 Å². The molecule has 108 valence electrons. The molecule has 2 atom stereocenters. The standard InChI is InChI=1S/C16H27NO2/c1-5-18-15-8-6-7-14(11-15)13(4)16(17)19-10-9-12(2)3/h6-8,11-13,16H,5,9-10,17H2,1-4H3. The highest BCUT2D eigenvalue weighted by Crippen LogP contribution is 2.23. The first-order valence-electron chi connectivity index (χ1n) is 7.14. The number of nitrogens with two attached hydrogens (primary N) is 1. The van der Waals surface area contributed by atoms with Gasteiger partial charge in [0.25, 0.3) is 0 Å². The van der Waals surface area contributed by atoms with Gasteiger partial charge in [0.05, 0.1) is 6.61 Å². The van der Waals surface area contributed by atoms with E-state index in [0.29, 0.717) is 19.1 Å². The van der Waals surface area contributed by atoms with Gasteiger partial charge in [-0.25, -0.2) is 0 Å². The van der Waals surface area contributed by atoms with Crippen LogP contribution in [0.4, 0.5) is 0 Å². The smallest absolute Gasteiger partial charge is 0.119 e. The fourth-order valence-corrected chi connectivity index (χ4v) is 1.83. The second-order valence-corrected chi connectivity index (χ2v) is 5.31. The second-order valence-electron chi connectivity index (χ2n) is 5.31. The maximum atomic E-state index is 6.10. The van der Waals surface area contributed by atoms with Crippen molar-refractivity contribution in [3.63, 3.8) is 0 Å². The lowest BCUT2D eigenvalue weighted by molar-refractivity contribution is 0.0360. The number of benzene rings is 1. The van der Waals surface area contributed by atoms with E-state index in [2.05, 4.69) is 26.8 Å². The molecule has 0 aliphatic heterocycles. The predicted octanol–water partition coefficient (Wildman–Crippen LogP) is 3.54. The van der Waals surface area contributed by atoms with Crippen molar-refractivity contribution in [1.82, 2.24) is 0 Å². The minimum Gasteiger partial charge on any atom is -0.494 e. The average molecular weight is 265 g/mol. The van der Waals surface area contributed by atoms with Crippen molar-refractivity contribution in [2.45, 2.75) is 46.3 Å². The van der Waals surface area contributed by atoms with E-state index in [1.165, 1.54) is 0 Å². The number of rotatable bonds is 8. The summed E-state index contributed by atoms with van der Waals surface area (Å²) >= 11 is 0. The van der Waals surface area contributed by atoms with Crippen LogP contribution < -0.4 is 10.5 Å². The van der Waals surface area contributed by atoms with E-state index in [1.807, 2.05) is 25.1 Å². The molecule has 0 aliphatic rings. The summed E-state index contributed by atoms with van der Waals surface area (Å²) in [5, 5.41) is 0.